The van der Waals surface area contributed by atoms with Crippen LogP contribution in [0.1, 0.15) is 70.1 Å². The molecule has 0 fully saturated rings. The van der Waals surface area contributed by atoms with Gasteiger partial charge in [-0.05, 0) is 35.8 Å². The Labute approximate surface area is 106 Å². The molecule has 0 aliphatic carbocycles. The summed E-state index contributed by atoms with van der Waals surface area (Å²) in [7, 11) is 0. The van der Waals surface area contributed by atoms with Crippen molar-refractivity contribution in [3.8, 4) is 0 Å². The van der Waals surface area contributed by atoms with E-state index < -0.39 is 0 Å². The molecule has 0 saturated heterocycles. The Kier molecular flexibility index (Phi) is 5.70. The first-order chi connectivity index (χ1) is 8.08. The van der Waals surface area contributed by atoms with Crippen molar-refractivity contribution < 1.29 is 5.11 Å². The van der Waals surface area contributed by atoms with Gasteiger partial charge in [0.2, 0.25) is 0 Å². The molecule has 0 saturated carbocycles. The van der Waals surface area contributed by atoms with Gasteiger partial charge in [0.25, 0.3) is 0 Å². The Morgan fingerprint density at radius 2 is 1.47 bits per heavy atom. The summed E-state index contributed by atoms with van der Waals surface area (Å²) in [5.74, 6) is 1.19. The molecule has 0 radical (unpaired) electrons. The van der Waals surface area contributed by atoms with E-state index in [0.29, 0.717) is 11.8 Å². The van der Waals surface area contributed by atoms with Gasteiger partial charge in [-0.2, -0.15) is 0 Å². The van der Waals surface area contributed by atoms with Crippen molar-refractivity contribution >= 4 is 0 Å². The zero-order valence-electron chi connectivity index (χ0n) is 11.6. The fraction of sp³-hybridized carbons (Fsp3) is 0.625. The number of aliphatic hydroxyl groups excluding tert-OH is 1. The molecule has 0 spiro atoms. The summed E-state index contributed by atoms with van der Waals surface area (Å²) < 4.78 is 0. The summed E-state index contributed by atoms with van der Waals surface area (Å²) in [5.41, 5.74) is 2.42. The summed E-state index contributed by atoms with van der Waals surface area (Å²) in [4.78, 5) is 0. The van der Waals surface area contributed by atoms with Gasteiger partial charge in [0.1, 0.15) is 0 Å². The molecule has 0 bridgehead atoms. The molecule has 17 heavy (non-hydrogen) atoms. The standard InChI is InChI=1S/C16H26O/c1-5-12(3)11-16(17)15-9-7-14(8-10-15)13(4)6-2/h7-10,12-13,16-17H,5-6,11H2,1-4H3. The van der Waals surface area contributed by atoms with Gasteiger partial charge in [0.05, 0.1) is 6.10 Å². The van der Waals surface area contributed by atoms with Crippen LogP contribution in [0.5, 0.6) is 0 Å². The van der Waals surface area contributed by atoms with Crippen LogP contribution in [-0.4, -0.2) is 5.11 Å². The first kappa shape index (κ1) is 14.2. The third-order valence-electron chi connectivity index (χ3n) is 3.83. The Balaban J connectivity index is 2.66. The van der Waals surface area contributed by atoms with Gasteiger partial charge in [-0.15, -0.1) is 0 Å². The second-order valence-electron chi connectivity index (χ2n) is 5.24. The van der Waals surface area contributed by atoms with E-state index in [9.17, 15) is 5.11 Å². The van der Waals surface area contributed by atoms with Gasteiger partial charge >= 0.3 is 0 Å². The zero-order valence-corrected chi connectivity index (χ0v) is 11.6. The molecule has 1 aromatic carbocycles. The zero-order chi connectivity index (χ0) is 12.8. The van der Waals surface area contributed by atoms with Crippen molar-refractivity contribution in [3.05, 3.63) is 35.4 Å². The van der Waals surface area contributed by atoms with Crippen LogP contribution in [-0.2, 0) is 0 Å². The van der Waals surface area contributed by atoms with E-state index in [0.717, 1.165) is 24.8 Å². The monoisotopic (exact) mass is 234 g/mol. The van der Waals surface area contributed by atoms with Gasteiger partial charge in [-0.1, -0.05) is 58.4 Å². The summed E-state index contributed by atoms with van der Waals surface area (Å²) in [5, 5.41) is 10.1. The van der Waals surface area contributed by atoms with E-state index in [-0.39, 0.29) is 6.10 Å². The van der Waals surface area contributed by atoms with Crippen LogP contribution in [0, 0.1) is 5.92 Å². The van der Waals surface area contributed by atoms with E-state index in [1.807, 2.05) is 0 Å². The topological polar surface area (TPSA) is 20.2 Å². The lowest BCUT2D eigenvalue weighted by molar-refractivity contribution is 0.146. The maximum atomic E-state index is 10.1. The normalized spacial score (nSPS) is 16.5. The van der Waals surface area contributed by atoms with E-state index in [2.05, 4.69) is 52.0 Å². The highest BCUT2D eigenvalue weighted by molar-refractivity contribution is 5.26. The molecule has 1 N–H and O–H groups in total. The molecule has 0 aliphatic heterocycles. The fourth-order valence-electron chi connectivity index (χ4n) is 1.97. The molecule has 1 aromatic rings. The van der Waals surface area contributed by atoms with Crippen LogP contribution in [0.15, 0.2) is 24.3 Å². The largest absolute Gasteiger partial charge is 0.388 e. The maximum Gasteiger partial charge on any atom is 0.0792 e. The lowest BCUT2D eigenvalue weighted by Crippen LogP contribution is -2.04. The van der Waals surface area contributed by atoms with Crippen LogP contribution in [0.25, 0.3) is 0 Å². The lowest BCUT2D eigenvalue weighted by Gasteiger charge is -2.16. The average molecular weight is 234 g/mol. The highest BCUT2D eigenvalue weighted by atomic mass is 16.3. The van der Waals surface area contributed by atoms with E-state index >= 15 is 0 Å². The molecule has 3 atom stereocenters. The minimum absolute atomic E-state index is 0.309. The average Bonchev–Trinajstić information content (AvgIpc) is 2.37. The van der Waals surface area contributed by atoms with Crippen LogP contribution >= 0.6 is 0 Å². The van der Waals surface area contributed by atoms with E-state index in [1.165, 1.54) is 5.56 Å². The Hall–Kier alpha value is -0.820. The predicted molar refractivity (Wildman–Crippen MR) is 74.2 cm³/mol. The minimum Gasteiger partial charge on any atom is -0.388 e. The second-order valence-corrected chi connectivity index (χ2v) is 5.24. The molecule has 1 rings (SSSR count). The number of hydrogen-bond acceptors (Lipinski definition) is 1. The van der Waals surface area contributed by atoms with Gasteiger partial charge in [-0.3, -0.25) is 0 Å². The summed E-state index contributed by atoms with van der Waals surface area (Å²) in [6.45, 7) is 8.81. The van der Waals surface area contributed by atoms with Gasteiger partial charge < -0.3 is 5.11 Å². The van der Waals surface area contributed by atoms with Crippen LogP contribution in [0.4, 0.5) is 0 Å². The molecule has 3 unspecified atom stereocenters. The van der Waals surface area contributed by atoms with Gasteiger partial charge in [0.15, 0.2) is 0 Å². The molecule has 1 heteroatoms. The first-order valence-electron chi connectivity index (χ1n) is 6.86. The number of hydrogen-bond donors (Lipinski definition) is 1. The number of benzene rings is 1. The minimum atomic E-state index is -0.309. The van der Waals surface area contributed by atoms with Crippen LogP contribution < -0.4 is 0 Å². The molecular formula is C16H26O. The second kappa shape index (κ2) is 6.80. The third kappa shape index (κ3) is 4.16. The molecular weight excluding hydrogens is 208 g/mol. The molecule has 96 valence electrons. The van der Waals surface area contributed by atoms with Gasteiger partial charge in [0, 0.05) is 0 Å². The van der Waals surface area contributed by atoms with E-state index in [4.69, 9.17) is 0 Å². The summed E-state index contributed by atoms with van der Waals surface area (Å²) in [6, 6.07) is 8.47. The molecule has 0 aliphatic rings. The van der Waals surface area contributed by atoms with Crippen molar-refractivity contribution in [1.82, 2.24) is 0 Å². The van der Waals surface area contributed by atoms with Crippen molar-refractivity contribution in [2.75, 3.05) is 0 Å². The van der Waals surface area contributed by atoms with Gasteiger partial charge in [-0.25, -0.2) is 0 Å². The van der Waals surface area contributed by atoms with Crippen molar-refractivity contribution in [3.63, 3.8) is 0 Å². The quantitative estimate of drug-likeness (QED) is 0.758. The first-order valence-corrected chi connectivity index (χ1v) is 6.86. The summed E-state index contributed by atoms with van der Waals surface area (Å²) >= 11 is 0. The van der Waals surface area contributed by atoms with E-state index in [1.54, 1.807) is 0 Å². The molecule has 0 aromatic heterocycles. The Morgan fingerprint density at radius 3 is 1.94 bits per heavy atom. The number of rotatable bonds is 6. The maximum absolute atomic E-state index is 10.1. The van der Waals surface area contributed by atoms with Crippen molar-refractivity contribution in [1.29, 1.82) is 0 Å². The lowest BCUT2D eigenvalue weighted by atomic mass is 9.93. The SMILES string of the molecule is CCC(C)CC(O)c1ccc(C(C)CC)cc1. The number of aliphatic hydroxyl groups is 1. The fourth-order valence-corrected chi connectivity index (χ4v) is 1.97. The molecule has 1 nitrogen and oxygen atoms in total. The highest BCUT2D eigenvalue weighted by Gasteiger charge is 2.11. The predicted octanol–water partition coefficient (Wildman–Crippen LogP) is 4.67. The highest BCUT2D eigenvalue weighted by Crippen LogP contribution is 2.25. The van der Waals surface area contributed by atoms with Crippen molar-refractivity contribution in [2.24, 2.45) is 5.92 Å². The molecule has 0 amide bonds. The summed E-state index contributed by atoms with van der Waals surface area (Å²) in [6.07, 6.45) is 2.84. The van der Waals surface area contributed by atoms with Crippen LogP contribution in [0.2, 0.25) is 0 Å². The Bertz CT molecular complexity index is 315. The molecule has 0 heterocycles. The van der Waals surface area contributed by atoms with Crippen molar-refractivity contribution in [2.45, 2.75) is 59.0 Å². The Morgan fingerprint density at radius 1 is 0.941 bits per heavy atom. The van der Waals surface area contributed by atoms with Crippen LogP contribution in [0.3, 0.4) is 0 Å². The third-order valence-corrected chi connectivity index (χ3v) is 3.83. The smallest absolute Gasteiger partial charge is 0.0792 e.